The van der Waals surface area contributed by atoms with Crippen LogP contribution in [0, 0.1) is 3.57 Å². The minimum Gasteiger partial charge on any atom is -0.456 e. The molecule has 0 amide bonds. The predicted molar refractivity (Wildman–Crippen MR) is 121 cm³/mol. The summed E-state index contributed by atoms with van der Waals surface area (Å²) in [6.45, 7) is 0. The number of benzene rings is 2. The van der Waals surface area contributed by atoms with Crippen LogP contribution in [0.5, 0.6) is 11.5 Å². The molecule has 0 aliphatic rings. The SMILES string of the molecule is Cn1nccc1-c1ccccc1Oc1ccc(S(=O)(=O)Nc2cscn2)cc1I. The van der Waals surface area contributed by atoms with Crippen molar-refractivity contribution in [2.45, 2.75) is 4.90 Å². The summed E-state index contributed by atoms with van der Waals surface area (Å²) in [5, 5.41) is 5.84. The fraction of sp³-hybridized carbons (Fsp3) is 0.0526. The van der Waals surface area contributed by atoms with Gasteiger partial charge in [0, 0.05) is 24.2 Å². The zero-order valence-electron chi connectivity index (χ0n) is 15.1. The van der Waals surface area contributed by atoms with Gasteiger partial charge in [-0.15, -0.1) is 11.3 Å². The lowest BCUT2D eigenvalue weighted by Gasteiger charge is -2.13. The number of aryl methyl sites for hydroxylation is 1. The first-order valence-corrected chi connectivity index (χ1v) is 11.9. The first-order chi connectivity index (χ1) is 13.9. The summed E-state index contributed by atoms with van der Waals surface area (Å²) < 4.78 is 36.2. The van der Waals surface area contributed by atoms with Crippen molar-refractivity contribution in [2.75, 3.05) is 4.72 Å². The lowest BCUT2D eigenvalue weighted by Crippen LogP contribution is -2.13. The quantitative estimate of drug-likeness (QED) is 0.359. The number of anilines is 1. The third-order valence-corrected chi connectivity index (χ3v) is 6.87. The van der Waals surface area contributed by atoms with Gasteiger partial charge in [-0.05, 0) is 59.0 Å². The number of ether oxygens (including phenoxy) is 1. The number of aromatic nitrogens is 3. The van der Waals surface area contributed by atoms with Crippen LogP contribution in [-0.2, 0) is 17.1 Å². The number of nitrogens with one attached hydrogen (secondary N) is 1. The van der Waals surface area contributed by atoms with E-state index in [1.165, 1.54) is 17.4 Å². The summed E-state index contributed by atoms with van der Waals surface area (Å²) >= 11 is 3.38. The van der Waals surface area contributed by atoms with Crippen molar-refractivity contribution in [3.8, 4) is 22.8 Å². The monoisotopic (exact) mass is 538 g/mol. The molecule has 0 bridgehead atoms. The van der Waals surface area contributed by atoms with Crippen LogP contribution < -0.4 is 9.46 Å². The zero-order chi connectivity index (χ0) is 20.4. The van der Waals surface area contributed by atoms with Crippen molar-refractivity contribution in [3.05, 3.63) is 69.2 Å². The van der Waals surface area contributed by atoms with Crippen LogP contribution in [0.2, 0.25) is 0 Å². The predicted octanol–water partition coefficient (Wildman–Crippen LogP) is 4.74. The molecular formula is C19H15IN4O3S2. The van der Waals surface area contributed by atoms with Crippen LogP contribution in [0.4, 0.5) is 5.82 Å². The summed E-state index contributed by atoms with van der Waals surface area (Å²) in [5.74, 6) is 1.52. The second kappa shape index (κ2) is 8.13. The molecule has 4 rings (SSSR count). The third-order valence-electron chi connectivity index (χ3n) is 4.09. The van der Waals surface area contributed by atoms with Crippen LogP contribution in [0.15, 0.2) is 70.5 Å². The number of rotatable bonds is 6. The highest BCUT2D eigenvalue weighted by Crippen LogP contribution is 2.35. The van der Waals surface area contributed by atoms with Gasteiger partial charge in [-0.2, -0.15) is 5.10 Å². The first kappa shape index (κ1) is 19.9. The lowest BCUT2D eigenvalue weighted by atomic mass is 10.1. The molecule has 4 aromatic rings. The first-order valence-electron chi connectivity index (χ1n) is 8.40. The van der Waals surface area contributed by atoms with Gasteiger partial charge in [0.05, 0.1) is 19.7 Å². The van der Waals surface area contributed by atoms with Crippen LogP contribution in [0.25, 0.3) is 11.3 Å². The number of halogens is 1. The normalized spacial score (nSPS) is 11.4. The van der Waals surface area contributed by atoms with Crippen molar-refractivity contribution in [2.24, 2.45) is 7.05 Å². The topological polar surface area (TPSA) is 86.1 Å². The number of thiazole rings is 1. The second-order valence-electron chi connectivity index (χ2n) is 6.01. The van der Waals surface area contributed by atoms with E-state index in [0.29, 0.717) is 20.9 Å². The molecule has 148 valence electrons. The Morgan fingerprint density at radius 3 is 2.66 bits per heavy atom. The molecule has 2 aromatic heterocycles. The Balaban J connectivity index is 1.63. The molecule has 0 saturated heterocycles. The average molecular weight is 538 g/mol. The average Bonchev–Trinajstić information content (AvgIpc) is 3.35. The summed E-state index contributed by atoms with van der Waals surface area (Å²) in [6.07, 6.45) is 1.73. The van der Waals surface area contributed by atoms with E-state index in [9.17, 15) is 8.42 Å². The van der Waals surface area contributed by atoms with Crippen LogP contribution in [-0.4, -0.2) is 23.2 Å². The molecule has 2 aromatic carbocycles. The maximum atomic E-state index is 12.6. The fourth-order valence-electron chi connectivity index (χ4n) is 2.71. The molecule has 0 aliphatic heterocycles. The molecule has 7 nitrogen and oxygen atoms in total. The Bertz CT molecular complexity index is 1250. The van der Waals surface area contributed by atoms with Crippen LogP contribution in [0.1, 0.15) is 0 Å². The van der Waals surface area contributed by atoms with E-state index in [1.54, 1.807) is 33.9 Å². The van der Waals surface area contributed by atoms with Gasteiger partial charge in [-0.3, -0.25) is 9.40 Å². The Labute approximate surface area is 185 Å². The molecule has 0 atom stereocenters. The molecule has 2 heterocycles. The van der Waals surface area contributed by atoms with Gasteiger partial charge in [0.2, 0.25) is 0 Å². The molecule has 29 heavy (non-hydrogen) atoms. The van der Waals surface area contributed by atoms with E-state index >= 15 is 0 Å². The number of hydrogen-bond donors (Lipinski definition) is 1. The Kier molecular flexibility index (Phi) is 5.56. The van der Waals surface area contributed by atoms with E-state index in [4.69, 9.17) is 4.74 Å². The van der Waals surface area contributed by atoms with Crippen molar-refractivity contribution < 1.29 is 13.2 Å². The molecule has 0 fully saturated rings. The van der Waals surface area contributed by atoms with Crippen molar-refractivity contribution in [3.63, 3.8) is 0 Å². The standard InChI is InChI=1S/C19H15IN4O3S2/c1-24-16(8-9-22-24)14-4-2-3-5-17(14)27-18-7-6-13(10-15(18)20)29(25,26)23-19-11-28-12-21-19/h2-12,23H,1H3. The summed E-state index contributed by atoms with van der Waals surface area (Å²) in [5.41, 5.74) is 3.38. The maximum absolute atomic E-state index is 12.6. The Hall–Kier alpha value is -2.44. The van der Waals surface area contributed by atoms with Gasteiger partial charge in [-0.25, -0.2) is 13.4 Å². The number of nitrogens with zero attached hydrogens (tertiary/aromatic N) is 3. The molecule has 0 unspecified atom stereocenters. The van der Waals surface area contributed by atoms with Crippen molar-refractivity contribution in [1.29, 1.82) is 0 Å². The van der Waals surface area contributed by atoms with Crippen LogP contribution in [0.3, 0.4) is 0 Å². The smallest absolute Gasteiger partial charge is 0.263 e. The summed E-state index contributed by atoms with van der Waals surface area (Å²) in [7, 11) is -1.86. The molecule has 1 N–H and O–H groups in total. The molecule has 0 saturated carbocycles. The largest absolute Gasteiger partial charge is 0.456 e. The van der Waals surface area contributed by atoms with E-state index in [-0.39, 0.29) is 4.90 Å². The van der Waals surface area contributed by atoms with Gasteiger partial charge >= 0.3 is 0 Å². The highest BCUT2D eigenvalue weighted by Gasteiger charge is 2.18. The van der Waals surface area contributed by atoms with E-state index < -0.39 is 10.0 Å². The van der Waals surface area contributed by atoms with Gasteiger partial charge in [0.15, 0.2) is 5.82 Å². The van der Waals surface area contributed by atoms with Gasteiger partial charge < -0.3 is 4.74 Å². The van der Waals surface area contributed by atoms with E-state index in [0.717, 1.165) is 11.3 Å². The van der Waals surface area contributed by atoms with Gasteiger partial charge in [0.25, 0.3) is 10.0 Å². The number of hydrogen-bond acceptors (Lipinski definition) is 6. The summed E-state index contributed by atoms with van der Waals surface area (Å²) in [4.78, 5) is 4.10. The molecule has 0 spiro atoms. The Morgan fingerprint density at radius 1 is 1.14 bits per heavy atom. The lowest BCUT2D eigenvalue weighted by molar-refractivity contribution is 0.480. The highest BCUT2D eigenvalue weighted by molar-refractivity contribution is 14.1. The minimum absolute atomic E-state index is 0.141. The highest BCUT2D eigenvalue weighted by atomic mass is 127. The van der Waals surface area contributed by atoms with Crippen molar-refractivity contribution >= 4 is 49.8 Å². The second-order valence-corrected chi connectivity index (χ2v) is 9.57. The van der Waals surface area contributed by atoms with E-state index in [2.05, 4.69) is 37.4 Å². The fourth-order valence-corrected chi connectivity index (χ4v) is 5.14. The van der Waals surface area contributed by atoms with E-state index in [1.807, 2.05) is 37.4 Å². The Morgan fingerprint density at radius 2 is 1.97 bits per heavy atom. The summed E-state index contributed by atoms with van der Waals surface area (Å²) in [6, 6.07) is 14.3. The molecule has 0 aliphatic carbocycles. The van der Waals surface area contributed by atoms with Gasteiger partial charge in [0.1, 0.15) is 11.5 Å². The minimum atomic E-state index is -3.72. The zero-order valence-corrected chi connectivity index (χ0v) is 18.9. The number of sulfonamides is 1. The molecular weight excluding hydrogens is 523 g/mol. The molecule has 0 radical (unpaired) electrons. The van der Waals surface area contributed by atoms with Gasteiger partial charge in [-0.1, -0.05) is 12.1 Å². The third kappa shape index (κ3) is 4.28. The van der Waals surface area contributed by atoms with Crippen LogP contribution >= 0.6 is 33.9 Å². The van der Waals surface area contributed by atoms with Crippen molar-refractivity contribution in [1.82, 2.24) is 14.8 Å². The molecule has 10 heteroatoms. The maximum Gasteiger partial charge on any atom is 0.263 e. The number of para-hydroxylation sites is 1.